The van der Waals surface area contributed by atoms with Gasteiger partial charge in [0.05, 0.1) is 34.2 Å². The number of aromatic amines is 1. The predicted molar refractivity (Wildman–Crippen MR) is 147 cm³/mol. The number of hydrogen-bond acceptors (Lipinski definition) is 6. The van der Waals surface area contributed by atoms with E-state index in [2.05, 4.69) is 37.3 Å². The van der Waals surface area contributed by atoms with Gasteiger partial charge >= 0.3 is 0 Å². The topological polar surface area (TPSA) is 87.0 Å². The van der Waals surface area contributed by atoms with Crippen LogP contribution in [0.15, 0.2) is 79.1 Å². The summed E-state index contributed by atoms with van der Waals surface area (Å²) in [5.41, 5.74) is 6.88. The van der Waals surface area contributed by atoms with Crippen molar-refractivity contribution < 1.29 is 4.39 Å². The summed E-state index contributed by atoms with van der Waals surface area (Å²) >= 11 is 0. The van der Waals surface area contributed by atoms with Crippen molar-refractivity contribution in [3.8, 4) is 22.6 Å². The normalized spacial score (nSPS) is 12.4. The number of anilines is 1. The van der Waals surface area contributed by atoms with Gasteiger partial charge < -0.3 is 15.2 Å². The Kier molecular flexibility index (Phi) is 6.05. The van der Waals surface area contributed by atoms with Crippen molar-refractivity contribution >= 4 is 22.6 Å². The van der Waals surface area contributed by atoms with Crippen molar-refractivity contribution in [2.24, 2.45) is 0 Å². The maximum absolute atomic E-state index is 13.7. The number of pyridine rings is 1. The van der Waals surface area contributed by atoms with Crippen LogP contribution in [0.2, 0.25) is 0 Å². The molecule has 4 heterocycles. The number of benzene rings is 2. The van der Waals surface area contributed by atoms with Gasteiger partial charge in [-0.2, -0.15) is 0 Å². The molecule has 6 aromatic rings. The summed E-state index contributed by atoms with van der Waals surface area (Å²) in [6, 6.07) is 20.2. The summed E-state index contributed by atoms with van der Waals surface area (Å²) in [5, 5.41) is 3.37. The molecule has 0 aliphatic carbocycles. The fraction of sp³-hybridized carbons (Fsp3) is 0.172. The summed E-state index contributed by atoms with van der Waals surface area (Å²) in [7, 11) is 4.07. The number of halogens is 1. The second-order valence-electron chi connectivity index (χ2n) is 9.59. The standard InChI is InChI=1S/C29H27FN8/c1-18(28-33-22-6-4-5-7-23(22)34-28)32-29-31-14-12-24(35-29)27-26(20-8-10-21(30)11-9-20)36-25-16-19(17-37(2)3)13-15-38(25)27/h4-16,18H,17H2,1-3H3,(H,33,34)(H,31,32,35). The molecule has 0 aliphatic heterocycles. The Hall–Kier alpha value is -4.63. The van der Waals surface area contributed by atoms with Gasteiger partial charge in [0.1, 0.15) is 17.3 Å². The second-order valence-corrected chi connectivity index (χ2v) is 9.59. The van der Waals surface area contributed by atoms with Gasteiger partial charge in [-0.05, 0) is 81.2 Å². The fourth-order valence-corrected chi connectivity index (χ4v) is 4.60. The number of imidazole rings is 2. The zero-order valence-corrected chi connectivity index (χ0v) is 21.4. The molecule has 0 radical (unpaired) electrons. The largest absolute Gasteiger partial charge is 0.345 e. The SMILES string of the molecule is CC(Nc1nccc(-c2c(-c3ccc(F)cc3)nc3cc(CN(C)C)ccn23)n1)c1nc2ccccc2[nH]1. The predicted octanol–water partition coefficient (Wildman–Crippen LogP) is 5.71. The van der Waals surface area contributed by atoms with Crippen molar-refractivity contribution in [3.63, 3.8) is 0 Å². The lowest BCUT2D eigenvalue weighted by atomic mass is 10.1. The van der Waals surface area contributed by atoms with Gasteiger partial charge in [0, 0.05) is 24.5 Å². The molecular formula is C29H27FN8. The van der Waals surface area contributed by atoms with Crippen LogP contribution < -0.4 is 5.32 Å². The Morgan fingerprint density at radius 3 is 2.61 bits per heavy atom. The lowest BCUT2D eigenvalue weighted by Gasteiger charge is -2.13. The van der Waals surface area contributed by atoms with E-state index in [9.17, 15) is 4.39 Å². The highest BCUT2D eigenvalue weighted by molar-refractivity contribution is 5.81. The molecule has 0 spiro atoms. The molecule has 2 aromatic carbocycles. The third-order valence-electron chi connectivity index (χ3n) is 6.37. The Labute approximate surface area is 219 Å². The molecule has 38 heavy (non-hydrogen) atoms. The first-order chi connectivity index (χ1) is 18.4. The van der Waals surface area contributed by atoms with Crippen LogP contribution in [-0.2, 0) is 6.54 Å². The van der Waals surface area contributed by atoms with E-state index in [1.165, 1.54) is 12.1 Å². The lowest BCUT2D eigenvalue weighted by molar-refractivity contribution is 0.402. The quantitative estimate of drug-likeness (QED) is 0.289. The van der Waals surface area contributed by atoms with Crippen LogP contribution in [0.3, 0.4) is 0 Å². The van der Waals surface area contributed by atoms with Crippen LogP contribution in [0.4, 0.5) is 10.3 Å². The number of nitrogens with one attached hydrogen (secondary N) is 2. The molecule has 4 aromatic heterocycles. The van der Waals surface area contributed by atoms with Crippen molar-refractivity contribution in [2.45, 2.75) is 19.5 Å². The van der Waals surface area contributed by atoms with Crippen LogP contribution >= 0.6 is 0 Å². The van der Waals surface area contributed by atoms with Crippen LogP contribution in [0, 0.1) is 5.82 Å². The van der Waals surface area contributed by atoms with Crippen LogP contribution in [-0.4, -0.2) is 48.3 Å². The van der Waals surface area contributed by atoms with E-state index < -0.39 is 0 Å². The highest BCUT2D eigenvalue weighted by Crippen LogP contribution is 2.33. The first-order valence-electron chi connectivity index (χ1n) is 12.4. The third-order valence-corrected chi connectivity index (χ3v) is 6.37. The molecule has 0 saturated heterocycles. The molecule has 0 saturated carbocycles. The molecule has 0 fully saturated rings. The maximum Gasteiger partial charge on any atom is 0.223 e. The van der Waals surface area contributed by atoms with Gasteiger partial charge in [0.2, 0.25) is 5.95 Å². The van der Waals surface area contributed by atoms with Gasteiger partial charge in [-0.3, -0.25) is 4.40 Å². The molecule has 190 valence electrons. The molecule has 8 nitrogen and oxygen atoms in total. The molecule has 2 N–H and O–H groups in total. The summed E-state index contributed by atoms with van der Waals surface area (Å²) in [5.74, 6) is 0.982. The summed E-state index contributed by atoms with van der Waals surface area (Å²) < 4.78 is 15.7. The van der Waals surface area contributed by atoms with Gasteiger partial charge in [0.25, 0.3) is 0 Å². The minimum Gasteiger partial charge on any atom is -0.345 e. The molecule has 1 atom stereocenters. The van der Waals surface area contributed by atoms with Crippen LogP contribution in [0.25, 0.3) is 39.3 Å². The molecular weight excluding hydrogens is 479 g/mol. The highest BCUT2D eigenvalue weighted by atomic mass is 19.1. The minimum absolute atomic E-state index is 0.148. The van der Waals surface area contributed by atoms with E-state index in [0.717, 1.165) is 51.6 Å². The molecule has 6 rings (SSSR count). The molecule has 0 amide bonds. The third kappa shape index (κ3) is 4.59. The van der Waals surface area contributed by atoms with E-state index in [4.69, 9.17) is 9.97 Å². The summed E-state index contributed by atoms with van der Waals surface area (Å²) in [4.78, 5) is 24.4. The van der Waals surface area contributed by atoms with E-state index in [-0.39, 0.29) is 11.9 Å². The maximum atomic E-state index is 13.7. The zero-order valence-electron chi connectivity index (χ0n) is 21.4. The number of H-pyrrole nitrogens is 1. The first-order valence-corrected chi connectivity index (χ1v) is 12.4. The van der Waals surface area contributed by atoms with Gasteiger partial charge in [-0.15, -0.1) is 0 Å². The Bertz CT molecular complexity index is 1700. The van der Waals surface area contributed by atoms with Gasteiger partial charge in [-0.1, -0.05) is 12.1 Å². The Balaban J connectivity index is 1.40. The lowest BCUT2D eigenvalue weighted by Crippen LogP contribution is -2.11. The highest BCUT2D eigenvalue weighted by Gasteiger charge is 2.19. The average molecular weight is 507 g/mol. The average Bonchev–Trinajstić information content (AvgIpc) is 3.51. The van der Waals surface area contributed by atoms with Crippen molar-refractivity contribution in [2.75, 3.05) is 19.4 Å². The second kappa shape index (κ2) is 9.68. The molecule has 1 unspecified atom stereocenters. The van der Waals surface area contributed by atoms with Crippen molar-refractivity contribution in [3.05, 3.63) is 96.3 Å². The monoisotopic (exact) mass is 506 g/mol. The van der Waals surface area contributed by atoms with Crippen LogP contribution in [0.5, 0.6) is 0 Å². The minimum atomic E-state index is -0.291. The number of rotatable bonds is 7. The number of fused-ring (bicyclic) bond motifs is 2. The van der Waals surface area contributed by atoms with Gasteiger partial charge in [0.15, 0.2) is 0 Å². The summed E-state index contributed by atoms with van der Waals surface area (Å²) in [6.07, 6.45) is 3.74. The zero-order chi connectivity index (χ0) is 26.2. The number of nitrogens with zero attached hydrogens (tertiary/aromatic N) is 6. The number of para-hydroxylation sites is 2. The van der Waals surface area contributed by atoms with Crippen molar-refractivity contribution in [1.29, 1.82) is 0 Å². The number of aromatic nitrogens is 6. The summed E-state index contributed by atoms with van der Waals surface area (Å²) in [6.45, 7) is 2.81. The molecule has 0 aliphatic rings. The fourth-order valence-electron chi connectivity index (χ4n) is 4.60. The number of hydrogen-bond donors (Lipinski definition) is 2. The van der Waals surface area contributed by atoms with E-state index in [0.29, 0.717) is 11.6 Å². The van der Waals surface area contributed by atoms with Crippen LogP contribution in [0.1, 0.15) is 24.4 Å². The van der Waals surface area contributed by atoms with E-state index >= 15 is 0 Å². The van der Waals surface area contributed by atoms with E-state index in [1.807, 2.05) is 61.9 Å². The molecule has 9 heteroatoms. The smallest absolute Gasteiger partial charge is 0.223 e. The Morgan fingerprint density at radius 2 is 1.82 bits per heavy atom. The molecule has 0 bridgehead atoms. The van der Waals surface area contributed by atoms with Crippen molar-refractivity contribution in [1.82, 2.24) is 34.2 Å². The van der Waals surface area contributed by atoms with E-state index in [1.54, 1.807) is 18.3 Å². The van der Waals surface area contributed by atoms with Gasteiger partial charge in [-0.25, -0.2) is 24.3 Å². The first kappa shape index (κ1) is 23.7. The Morgan fingerprint density at radius 1 is 1.00 bits per heavy atom.